The van der Waals surface area contributed by atoms with E-state index in [-0.39, 0.29) is 18.1 Å². The van der Waals surface area contributed by atoms with E-state index in [9.17, 15) is 9.59 Å². The van der Waals surface area contributed by atoms with E-state index >= 15 is 0 Å². The van der Waals surface area contributed by atoms with Gasteiger partial charge in [-0.25, -0.2) is 9.78 Å². The molecule has 1 amide bonds. The molecule has 0 bridgehead atoms. The summed E-state index contributed by atoms with van der Waals surface area (Å²) in [6.07, 6.45) is 1.72. The zero-order valence-electron chi connectivity index (χ0n) is 15.5. The predicted octanol–water partition coefficient (Wildman–Crippen LogP) is 3.52. The molecule has 2 aromatic heterocycles. The number of para-hydroxylation sites is 2. The number of hydrogen-bond acceptors (Lipinski definition) is 3. The van der Waals surface area contributed by atoms with Crippen molar-refractivity contribution in [2.45, 2.75) is 20.0 Å². The van der Waals surface area contributed by atoms with Gasteiger partial charge in [-0.2, -0.15) is 0 Å². The van der Waals surface area contributed by atoms with Crippen LogP contribution >= 0.6 is 0 Å². The van der Waals surface area contributed by atoms with Gasteiger partial charge < -0.3 is 5.32 Å². The van der Waals surface area contributed by atoms with Crippen molar-refractivity contribution >= 4 is 22.8 Å². The van der Waals surface area contributed by atoms with Crippen LogP contribution in [0.15, 0.2) is 77.7 Å². The first kappa shape index (κ1) is 17.7. The summed E-state index contributed by atoms with van der Waals surface area (Å²) in [6.45, 7) is 2.40. The zero-order chi connectivity index (χ0) is 19.5. The van der Waals surface area contributed by atoms with E-state index in [0.29, 0.717) is 12.4 Å². The number of fused-ring (bicyclic) bond motifs is 1. The fourth-order valence-corrected chi connectivity index (χ4v) is 3.33. The van der Waals surface area contributed by atoms with Crippen LogP contribution in [-0.2, 0) is 17.9 Å². The summed E-state index contributed by atoms with van der Waals surface area (Å²) in [6, 6.07) is 21.1. The second kappa shape index (κ2) is 7.52. The summed E-state index contributed by atoms with van der Waals surface area (Å²) < 4.78 is 3.15. The molecule has 0 saturated carbocycles. The van der Waals surface area contributed by atoms with Crippen LogP contribution in [0.1, 0.15) is 6.92 Å². The van der Waals surface area contributed by atoms with Gasteiger partial charge in [0.25, 0.3) is 0 Å². The molecule has 2 heterocycles. The maximum absolute atomic E-state index is 12.6. The molecule has 4 rings (SSSR count). The van der Waals surface area contributed by atoms with Crippen LogP contribution < -0.4 is 11.0 Å². The van der Waals surface area contributed by atoms with Crippen LogP contribution in [-0.4, -0.2) is 20.0 Å². The van der Waals surface area contributed by atoms with Crippen LogP contribution in [0.25, 0.3) is 22.2 Å². The number of nitrogens with one attached hydrogen (secondary N) is 1. The number of carbonyl (C=O) groups excluding carboxylic acids is 1. The highest BCUT2D eigenvalue weighted by Gasteiger charge is 2.14. The lowest BCUT2D eigenvalue weighted by molar-refractivity contribution is -0.116. The van der Waals surface area contributed by atoms with Gasteiger partial charge >= 0.3 is 5.69 Å². The van der Waals surface area contributed by atoms with Crippen molar-refractivity contribution in [3.63, 3.8) is 0 Å². The molecule has 0 fully saturated rings. The molecule has 28 heavy (non-hydrogen) atoms. The normalized spacial score (nSPS) is 10.9. The minimum atomic E-state index is -0.291. The Bertz CT molecular complexity index is 1170. The third kappa shape index (κ3) is 3.32. The number of rotatable bonds is 5. The molecule has 6 heteroatoms. The number of aromatic nitrogens is 3. The fraction of sp³-hybridized carbons (Fsp3) is 0.136. The van der Waals surface area contributed by atoms with Crippen LogP contribution in [0, 0.1) is 0 Å². The number of anilines is 1. The summed E-state index contributed by atoms with van der Waals surface area (Å²) in [5, 5.41) is 2.77. The lowest BCUT2D eigenvalue weighted by Gasteiger charge is -2.07. The Kier molecular flexibility index (Phi) is 4.76. The molecule has 0 aliphatic heterocycles. The standard InChI is InChI=1S/C22H20N4O2/c1-2-25-18-10-6-7-11-19(18)26(22(25)28)15-21(27)24-20-13-12-17(14-23-20)16-8-4-3-5-9-16/h3-14H,2,15H2,1H3,(H,23,24,27). The van der Waals surface area contributed by atoms with E-state index < -0.39 is 0 Å². The topological polar surface area (TPSA) is 68.9 Å². The van der Waals surface area contributed by atoms with Gasteiger partial charge in [-0.05, 0) is 36.8 Å². The highest BCUT2D eigenvalue weighted by atomic mass is 16.2. The summed E-state index contributed by atoms with van der Waals surface area (Å²) in [7, 11) is 0. The van der Waals surface area contributed by atoms with Gasteiger partial charge in [0.1, 0.15) is 12.4 Å². The Morgan fingerprint density at radius 3 is 2.21 bits per heavy atom. The molecule has 0 aliphatic carbocycles. The predicted molar refractivity (Wildman–Crippen MR) is 110 cm³/mol. The number of amides is 1. The van der Waals surface area contributed by atoms with Crippen molar-refractivity contribution in [1.82, 2.24) is 14.1 Å². The highest BCUT2D eigenvalue weighted by Crippen LogP contribution is 2.19. The monoisotopic (exact) mass is 372 g/mol. The second-order valence-corrected chi connectivity index (χ2v) is 6.45. The summed E-state index contributed by atoms with van der Waals surface area (Å²) in [4.78, 5) is 29.5. The van der Waals surface area contributed by atoms with E-state index in [4.69, 9.17) is 0 Å². The molecule has 0 spiro atoms. The van der Waals surface area contributed by atoms with Gasteiger partial charge in [0.05, 0.1) is 11.0 Å². The number of aryl methyl sites for hydroxylation is 1. The van der Waals surface area contributed by atoms with Crippen LogP contribution in [0.5, 0.6) is 0 Å². The van der Waals surface area contributed by atoms with E-state index in [2.05, 4.69) is 10.3 Å². The first-order valence-electron chi connectivity index (χ1n) is 9.16. The SMILES string of the molecule is CCn1c(=O)n(CC(=O)Nc2ccc(-c3ccccc3)cn2)c2ccccc21. The first-order chi connectivity index (χ1) is 13.7. The average molecular weight is 372 g/mol. The van der Waals surface area contributed by atoms with E-state index in [1.54, 1.807) is 16.8 Å². The number of nitrogens with zero attached hydrogens (tertiary/aromatic N) is 3. The number of carbonyl (C=O) groups is 1. The smallest absolute Gasteiger partial charge is 0.309 e. The summed E-state index contributed by atoms with van der Waals surface area (Å²) in [5.74, 6) is 0.165. The van der Waals surface area contributed by atoms with E-state index in [0.717, 1.165) is 22.2 Å². The number of benzene rings is 2. The van der Waals surface area contributed by atoms with Gasteiger partial charge in [0, 0.05) is 18.3 Å². The second-order valence-electron chi connectivity index (χ2n) is 6.45. The molecule has 4 aromatic rings. The average Bonchev–Trinajstić information content (AvgIpc) is 3.00. The molecule has 2 aromatic carbocycles. The van der Waals surface area contributed by atoms with Crippen LogP contribution in [0.2, 0.25) is 0 Å². The molecule has 0 saturated heterocycles. The van der Waals surface area contributed by atoms with Gasteiger partial charge in [0.2, 0.25) is 5.91 Å². The Hall–Kier alpha value is -3.67. The Morgan fingerprint density at radius 2 is 1.57 bits per heavy atom. The van der Waals surface area contributed by atoms with Crippen molar-refractivity contribution in [1.29, 1.82) is 0 Å². The minimum absolute atomic E-state index is 0.0610. The molecular weight excluding hydrogens is 352 g/mol. The molecule has 1 N–H and O–H groups in total. The summed E-state index contributed by atoms with van der Waals surface area (Å²) >= 11 is 0. The Morgan fingerprint density at radius 1 is 0.893 bits per heavy atom. The molecule has 140 valence electrons. The third-order valence-electron chi connectivity index (χ3n) is 4.68. The van der Waals surface area contributed by atoms with E-state index in [1.165, 1.54) is 4.57 Å². The fourth-order valence-electron chi connectivity index (χ4n) is 3.33. The van der Waals surface area contributed by atoms with Crippen molar-refractivity contribution in [3.05, 3.63) is 83.4 Å². The van der Waals surface area contributed by atoms with Crippen LogP contribution in [0.4, 0.5) is 5.82 Å². The van der Waals surface area contributed by atoms with Crippen LogP contribution in [0.3, 0.4) is 0 Å². The third-order valence-corrected chi connectivity index (χ3v) is 4.68. The molecule has 0 radical (unpaired) electrons. The van der Waals surface area contributed by atoms with Gasteiger partial charge in [-0.15, -0.1) is 0 Å². The molecular formula is C22H20N4O2. The first-order valence-corrected chi connectivity index (χ1v) is 9.16. The largest absolute Gasteiger partial charge is 0.329 e. The number of pyridine rings is 1. The highest BCUT2D eigenvalue weighted by molar-refractivity contribution is 5.91. The van der Waals surface area contributed by atoms with Gasteiger partial charge in [-0.3, -0.25) is 13.9 Å². The summed E-state index contributed by atoms with van der Waals surface area (Å²) in [5.41, 5.74) is 3.42. The Labute approximate surface area is 162 Å². The van der Waals surface area contributed by atoms with Crippen molar-refractivity contribution in [3.8, 4) is 11.1 Å². The number of hydrogen-bond donors (Lipinski definition) is 1. The molecule has 0 atom stereocenters. The Balaban J connectivity index is 1.53. The van der Waals surface area contributed by atoms with E-state index in [1.807, 2.05) is 67.6 Å². The van der Waals surface area contributed by atoms with Crippen molar-refractivity contribution < 1.29 is 4.79 Å². The quantitative estimate of drug-likeness (QED) is 0.583. The molecule has 0 unspecified atom stereocenters. The lowest BCUT2D eigenvalue weighted by atomic mass is 10.1. The maximum Gasteiger partial charge on any atom is 0.329 e. The number of imidazole rings is 1. The molecule has 6 nitrogen and oxygen atoms in total. The van der Waals surface area contributed by atoms with Gasteiger partial charge in [0.15, 0.2) is 0 Å². The lowest BCUT2D eigenvalue weighted by Crippen LogP contribution is -2.29. The maximum atomic E-state index is 12.6. The van der Waals surface area contributed by atoms with Crippen molar-refractivity contribution in [2.24, 2.45) is 0 Å². The minimum Gasteiger partial charge on any atom is -0.309 e. The zero-order valence-corrected chi connectivity index (χ0v) is 15.5. The van der Waals surface area contributed by atoms with Crippen molar-refractivity contribution in [2.75, 3.05) is 5.32 Å². The van der Waals surface area contributed by atoms with Gasteiger partial charge in [-0.1, -0.05) is 42.5 Å². The molecule has 0 aliphatic rings.